The summed E-state index contributed by atoms with van der Waals surface area (Å²) in [6, 6.07) is 10.2. The normalized spacial score (nSPS) is 10.2. The van der Waals surface area contributed by atoms with Crippen molar-refractivity contribution in [3.8, 4) is 5.88 Å². The first-order chi connectivity index (χ1) is 9.33. The lowest BCUT2D eigenvalue weighted by molar-refractivity contribution is 0.395. The predicted octanol–water partition coefficient (Wildman–Crippen LogP) is 1.45. The maximum Gasteiger partial charge on any atom is 0.233 e. The van der Waals surface area contributed by atoms with Crippen LogP contribution in [-0.4, -0.2) is 30.2 Å². The van der Waals surface area contributed by atoms with E-state index < -0.39 is 0 Å². The zero-order valence-electron chi connectivity index (χ0n) is 11.0. The number of methoxy groups -OCH3 is 1. The quantitative estimate of drug-likeness (QED) is 0.849. The van der Waals surface area contributed by atoms with E-state index in [1.54, 1.807) is 19.5 Å². The summed E-state index contributed by atoms with van der Waals surface area (Å²) >= 11 is 0. The van der Waals surface area contributed by atoms with Gasteiger partial charge in [-0.2, -0.15) is 4.98 Å². The first-order valence-corrected chi connectivity index (χ1v) is 6.18. The number of anilines is 1. The summed E-state index contributed by atoms with van der Waals surface area (Å²) < 4.78 is 5.10. The fourth-order valence-corrected chi connectivity index (χ4v) is 1.82. The maximum absolute atomic E-state index is 5.67. The number of ether oxygens (including phenoxy) is 1. The Bertz CT molecular complexity index is 504. The van der Waals surface area contributed by atoms with E-state index in [-0.39, 0.29) is 0 Å². The number of nitrogens with zero attached hydrogens (tertiary/aromatic N) is 3. The van der Waals surface area contributed by atoms with E-state index in [1.807, 2.05) is 18.2 Å². The van der Waals surface area contributed by atoms with Crippen molar-refractivity contribution in [2.45, 2.75) is 6.54 Å². The van der Waals surface area contributed by atoms with Gasteiger partial charge in [-0.25, -0.2) is 0 Å². The fourth-order valence-electron chi connectivity index (χ4n) is 1.82. The van der Waals surface area contributed by atoms with Gasteiger partial charge in [0.1, 0.15) is 0 Å². The zero-order chi connectivity index (χ0) is 13.5. The molecule has 0 saturated heterocycles. The molecule has 0 aliphatic heterocycles. The minimum absolute atomic E-state index is 0.507. The van der Waals surface area contributed by atoms with Gasteiger partial charge in [0.15, 0.2) is 5.82 Å². The van der Waals surface area contributed by atoms with Crippen molar-refractivity contribution in [1.29, 1.82) is 0 Å². The van der Waals surface area contributed by atoms with Gasteiger partial charge in [0, 0.05) is 19.6 Å². The second kappa shape index (κ2) is 6.70. The van der Waals surface area contributed by atoms with Crippen molar-refractivity contribution in [3.05, 3.63) is 48.3 Å². The van der Waals surface area contributed by atoms with Crippen LogP contribution in [0.4, 0.5) is 5.82 Å². The van der Waals surface area contributed by atoms with Crippen LogP contribution in [0.25, 0.3) is 0 Å². The largest absolute Gasteiger partial charge is 0.480 e. The third kappa shape index (κ3) is 3.66. The van der Waals surface area contributed by atoms with E-state index in [9.17, 15) is 0 Å². The molecule has 0 spiro atoms. The molecule has 0 unspecified atom stereocenters. The maximum atomic E-state index is 5.67. The summed E-state index contributed by atoms with van der Waals surface area (Å²) in [4.78, 5) is 10.6. The van der Waals surface area contributed by atoms with Gasteiger partial charge in [0.25, 0.3) is 0 Å². The Hall–Kier alpha value is -2.14. The zero-order valence-corrected chi connectivity index (χ0v) is 11.0. The van der Waals surface area contributed by atoms with Crippen molar-refractivity contribution in [1.82, 2.24) is 9.97 Å². The second-order valence-corrected chi connectivity index (χ2v) is 4.12. The highest BCUT2D eigenvalue weighted by Gasteiger charge is 2.09. The molecule has 5 nitrogen and oxygen atoms in total. The van der Waals surface area contributed by atoms with Crippen molar-refractivity contribution in [3.63, 3.8) is 0 Å². The van der Waals surface area contributed by atoms with Crippen LogP contribution in [0.5, 0.6) is 5.88 Å². The molecule has 1 aromatic carbocycles. The Morgan fingerprint density at radius 1 is 1.21 bits per heavy atom. The van der Waals surface area contributed by atoms with E-state index >= 15 is 0 Å². The number of aromatic nitrogens is 2. The highest BCUT2D eigenvalue weighted by Crippen LogP contribution is 2.16. The van der Waals surface area contributed by atoms with E-state index in [2.05, 4.69) is 27.0 Å². The fraction of sp³-hybridized carbons (Fsp3) is 0.286. The van der Waals surface area contributed by atoms with Gasteiger partial charge in [-0.1, -0.05) is 30.3 Å². The summed E-state index contributed by atoms with van der Waals surface area (Å²) in [5.74, 6) is 1.28. The van der Waals surface area contributed by atoms with Gasteiger partial charge in [-0.15, -0.1) is 0 Å². The molecule has 1 aromatic heterocycles. The second-order valence-electron chi connectivity index (χ2n) is 4.12. The van der Waals surface area contributed by atoms with Crippen molar-refractivity contribution >= 4 is 5.82 Å². The molecule has 0 saturated carbocycles. The lowest BCUT2D eigenvalue weighted by Crippen LogP contribution is -2.29. The predicted molar refractivity (Wildman–Crippen MR) is 75.1 cm³/mol. The molecule has 19 heavy (non-hydrogen) atoms. The summed E-state index contributed by atoms with van der Waals surface area (Å²) in [6.07, 6.45) is 3.31. The highest BCUT2D eigenvalue weighted by molar-refractivity contribution is 5.39. The van der Waals surface area contributed by atoms with Crippen molar-refractivity contribution in [2.24, 2.45) is 5.73 Å². The lowest BCUT2D eigenvalue weighted by Gasteiger charge is -2.23. The van der Waals surface area contributed by atoms with Gasteiger partial charge in [-0.05, 0) is 5.56 Å². The summed E-state index contributed by atoms with van der Waals surface area (Å²) in [5.41, 5.74) is 6.88. The molecule has 0 fully saturated rings. The van der Waals surface area contributed by atoms with Crippen LogP contribution in [0.2, 0.25) is 0 Å². The van der Waals surface area contributed by atoms with Gasteiger partial charge >= 0.3 is 0 Å². The van der Waals surface area contributed by atoms with Gasteiger partial charge < -0.3 is 15.4 Å². The molecule has 2 aromatic rings. The molecule has 0 amide bonds. The number of hydrogen-bond acceptors (Lipinski definition) is 5. The van der Waals surface area contributed by atoms with Crippen molar-refractivity contribution in [2.75, 3.05) is 25.1 Å². The Morgan fingerprint density at radius 2 is 2.00 bits per heavy atom. The molecule has 0 atom stereocenters. The van der Waals surface area contributed by atoms with Crippen LogP contribution in [0.15, 0.2) is 42.7 Å². The molecule has 100 valence electrons. The van der Waals surface area contributed by atoms with Crippen LogP contribution in [-0.2, 0) is 6.54 Å². The van der Waals surface area contributed by atoms with E-state index in [4.69, 9.17) is 10.5 Å². The molecule has 1 heterocycles. The molecule has 0 bridgehead atoms. The first kappa shape index (κ1) is 13.3. The molecular formula is C14H18N4O. The van der Waals surface area contributed by atoms with Crippen LogP contribution in [0, 0.1) is 0 Å². The number of nitrogens with two attached hydrogens (primary N) is 1. The van der Waals surface area contributed by atoms with E-state index in [0.717, 1.165) is 18.9 Å². The molecule has 0 aliphatic carbocycles. The third-order valence-electron chi connectivity index (χ3n) is 2.75. The van der Waals surface area contributed by atoms with Crippen LogP contribution < -0.4 is 15.4 Å². The van der Waals surface area contributed by atoms with Gasteiger partial charge in [0.05, 0.1) is 19.5 Å². The van der Waals surface area contributed by atoms with Crippen LogP contribution in [0.1, 0.15) is 5.56 Å². The number of benzene rings is 1. The molecular weight excluding hydrogens is 240 g/mol. The first-order valence-electron chi connectivity index (χ1n) is 6.18. The Balaban J connectivity index is 2.19. The monoisotopic (exact) mass is 258 g/mol. The van der Waals surface area contributed by atoms with Crippen LogP contribution >= 0.6 is 0 Å². The Labute approximate surface area is 113 Å². The van der Waals surface area contributed by atoms with Crippen molar-refractivity contribution < 1.29 is 4.74 Å². The standard InChI is InChI=1S/C14H18N4O/c1-19-14-10-16-9-13(17-14)18(8-7-15)11-12-5-3-2-4-6-12/h2-6,9-10H,7-8,11,15H2,1H3. The van der Waals surface area contributed by atoms with Crippen LogP contribution in [0.3, 0.4) is 0 Å². The molecule has 0 aliphatic rings. The summed E-state index contributed by atoms with van der Waals surface area (Å²) in [6.45, 7) is 2.03. The average molecular weight is 258 g/mol. The number of rotatable bonds is 6. The topological polar surface area (TPSA) is 64.3 Å². The minimum atomic E-state index is 0.507. The molecule has 2 N–H and O–H groups in total. The highest BCUT2D eigenvalue weighted by atomic mass is 16.5. The molecule has 2 rings (SSSR count). The SMILES string of the molecule is COc1cncc(N(CCN)Cc2ccccc2)n1. The van der Waals surface area contributed by atoms with E-state index in [0.29, 0.717) is 12.4 Å². The van der Waals surface area contributed by atoms with Gasteiger partial charge in [0.2, 0.25) is 5.88 Å². The molecule has 0 radical (unpaired) electrons. The molecule has 5 heteroatoms. The lowest BCUT2D eigenvalue weighted by atomic mass is 10.2. The average Bonchev–Trinajstić information content (AvgIpc) is 2.48. The summed E-state index contributed by atoms with van der Waals surface area (Å²) in [5, 5.41) is 0. The Morgan fingerprint density at radius 3 is 2.68 bits per heavy atom. The number of hydrogen-bond donors (Lipinski definition) is 1. The third-order valence-corrected chi connectivity index (χ3v) is 2.75. The smallest absolute Gasteiger partial charge is 0.233 e. The van der Waals surface area contributed by atoms with Gasteiger partial charge in [-0.3, -0.25) is 4.98 Å². The Kier molecular flexibility index (Phi) is 4.69. The van der Waals surface area contributed by atoms with E-state index in [1.165, 1.54) is 5.56 Å². The minimum Gasteiger partial charge on any atom is -0.480 e. The summed E-state index contributed by atoms with van der Waals surface area (Å²) in [7, 11) is 1.58.